The van der Waals surface area contributed by atoms with Gasteiger partial charge in [-0.15, -0.1) is 0 Å². The van der Waals surface area contributed by atoms with Gasteiger partial charge in [0, 0.05) is 50.3 Å². The van der Waals surface area contributed by atoms with Crippen LogP contribution in [0.4, 0.5) is 10.5 Å². The van der Waals surface area contributed by atoms with Gasteiger partial charge in [0.1, 0.15) is 0 Å². The van der Waals surface area contributed by atoms with E-state index < -0.39 is 0 Å². The average molecular weight is 327 g/mol. The minimum Gasteiger partial charge on any atom is -0.366 e. The number of aromatic nitrogens is 2. The zero-order valence-corrected chi connectivity index (χ0v) is 14.1. The van der Waals surface area contributed by atoms with Crippen LogP contribution >= 0.6 is 0 Å². The molecule has 24 heavy (non-hydrogen) atoms. The molecule has 6 nitrogen and oxygen atoms in total. The van der Waals surface area contributed by atoms with Crippen molar-refractivity contribution in [3.05, 3.63) is 48.5 Å². The van der Waals surface area contributed by atoms with E-state index in [2.05, 4.69) is 51.7 Å². The predicted octanol–water partition coefficient (Wildman–Crippen LogP) is 2.02. The number of carbonyl (C=O) groups excluding carboxylic acids is 1. The first-order valence-corrected chi connectivity index (χ1v) is 8.56. The molecule has 0 saturated heterocycles. The third-order valence-corrected chi connectivity index (χ3v) is 4.45. The maximum Gasteiger partial charge on any atom is 0.314 e. The van der Waals surface area contributed by atoms with Crippen LogP contribution in [-0.4, -0.2) is 41.3 Å². The molecule has 2 N–H and O–H groups in total. The Bertz CT molecular complexity index is 655. The number of hydrogen-bond donors (Lipinski definition) is 2. The van der Waals surface area contributed by atoms with Crippen molar-refractivity contribution in [1.29, 1.82) is 0 Å². The number of aryl methyl sites for hydroxylation is 1. The summed E-state index contributed by atoms with van der Waals surface area (Å²) in [4.78, 5) is 18.3. The van der Waals surface area contributed by atoms with Crippen molar-refractivity contribution >= 4 is 11.7 Å². The number of nitrogens with one attached hydrogen (secondary N) is 2. The van der Waals surface area contributed by atoms with Gasteiger partial charge in [-0.3, -0.25) is 0 Å². The highest BCUT2D eigenvalue weighted by Crippen LogP contribution is 2.28. The number of anilines is 1. The standard InChI is InChI=1S/C18H25N5O/c1-15(23-11-7-16-5-2-3-6-17(16)23)13-21-18(24)20-8-4-10-22-12-9-19-14-22/h2-3,5-6,9,12,14-15H,4,7-8,10-11,13H2,1H3,(H2,20,21,24)/t15-/m1/s1. The first-order chi connectivity index (χ1) is 11.7. The van der Waals surface area contributed by atoms with Crippen LogP contribution in [0.3, 0.4) is 0 Å². The van der Waals surface area contributed by atoms with Crippen LogP contribution in [0.25, 0.3) is 0 Å². The minimum absolute atomic E-state index is 0.0973. The normalized spacial score (nSPS) is 14.3. The Kier molecular flexibility index (Phi) is 5.36. The number of nitrogens with zero attached hydrogens (tertiary/aromatic N) is 3. The monoisotopic (exact) mass is 327 g/mol. The average Bonchev–Trinajstić information content (AvgIpc) is 3.26. The molecule has 0 saturated carbocycles. The van der Waals surface area contributed by atoms with E-state index in [1.807, 2.05) is 10.8 Å². The molecule has 128 valence electrons. The second kappa shape index (κ2) is 7.86. The molecule has 2 aromatic rings. The number of urea groups is 1. The van der Waals surface area contributed by atoms with Crippen LogP contribution in [0.5, 0.6) is 0 Å². The van der Waals surface area contributed by atoms with Crippen molar-refractivity contribution in [2.45, 2.75) is 32.4 Å². The molecule has 0 spiro atoms. The Balaban J connectivity index is 1.35. The number of para-hydroxylation sites is 1. The zero-order valence-electron chi connectivity index (χ0n) is 14.1. The maximum atomic E-state index is 11.9. The highest BCUT2D eigenvalue weighted by molar-refractivity contribution is 5.73. The maximum absolute atomic E-state index is 11.9. The quantitative estimate of drug-likeness (QED) is 0.765. The fourth-order valence-corrected chi connectivity index (χ4v) is 3.12. The summed E-state index contributed by atoms with van der Waals surface area (Å²) in [7, 11) is 0. The molecule has 1 aliphatic rings. The Morgan fingerprint density at radius 1 is 1.33 bits per heavy atom. The lowest BCUT2D eigenvalue weighted by molar-refractivity contribution is 0.240. The van der Waals surface area contributed by atoms with Crippen molar-refractivity contribution < 1.29 is 4.79 Å². The summed E-state index contributed by atoms with van der Waals surface area (Å²) in [6, 6.07) is 8.69. The third kappa shape index (κ3) is 4.07. The van der Waals surface area contributed by atoms with E-state index in [1.165, 1.54) is 11.3 Å². The highest BCUT2D eigenvalue weighted by atomic mass is 16.2. The van der Waals surface area contributed by atoms with Gasteiger partial charge in [0.2, 0.25) is 0 Å². The number of benzene rings is 1. The Hall–Kier alpha value is -2.50. The van der Waals surface area contributed by atoms with Crippen LogP contribution in [-0.2, 0) is 13.0 Å². The SMILES string of the molecule is C[C@H](CNC(=O)NCCCn1ccnc1)N1CCc2ccccc21. The second-order valence-electron chi connectivity index (χ2n) is 6.21. The van der Waals surface area contributed by atoms with Crippen molar-refractivity contribution in [3.63, 3.8) is 0 Å². The van der Waals surface area contributed by atoms with Gasteiger partial charge in [0.05, 0.1) is 6.33 Å². The topological polar surface area (TPSA) is 62.2 Å². The van der Waals surface area contributed by atoms with E-state index in [0.717, 1.165) is 25.9 Å². The smallest absolute Gasteiger partial charge is 0.314 e. The molecule has 3 rings (SSSR count). The molecule has 0 unspecified atom stereocenters. The van der Waals surface area contributed by atoms with Crippen LogP contribution in [0.1, 0.15) is 18.9 Å². The largest absolute Gasteiger partial charge is 0.366 e. The Labute approximate surface area is 142 Å². The zero-order chi connectivity index (χ0) is 16.8. The van der Waals surface area contributed by atoms with Gasteiger partial charge in [0.25, 0.3) is 0 Å². The molecule has 2 heterocycles. The van der Waals surface area contributed by atoms with E-state index in [9.17, 15) is 4.79 Å². The second-order valence-corrected chi connectivity index (χ2v) is 6.21. The molecular formula is C18H25N5O. The summed E-state index contributed by atoms with van der Waals surface area (Å²) in [5.41, 5.74) is 2.70. The summed E-state index contributed by atoms with van der Waals surface area (Å²) in [5.74, 6) is 0. The van der Waals surface area contributed by atoms with Gasteiger partial charge in [-0.1, -0.05) is 18.2 Å². The van der Waals surface area contributed by atoms with Gasteiger partial charge in [-0.2, -0.15) is 0 Å². The van der Waals surface area contributed by atoms with Crippen molar-refractivity contribution in [1.82, 2.24) is 20.2 Å². The fraction of sp³-hybridized carbons (Fsp3) is 0.444. The number of fused-ring (bicyclic) bond motifs is 1. The van der Waals surface area contributed by atoms with Crippen LogP contribution in [0.15, 0.2) is 43.0 Å². The molecule has 0 fully saturated rings. The lowest BCUT2D eigenvalue weighted by atomic mass is 10.2. The van der Waals surface area contributed by atoms with E-state index >= 15 is 0 Å². The molecule has 1 aromatic carbocycles. The molecule has 2 amide bonds. The molecule has 1 aliphatic heterocycles. The fourth-order valence-electron chi connectivity index (χ4n) is 3.12. The number of carbonyl (C=O) groups is 1. The number of imidazole rings is 1. The lowest BCUT2D eigenvalue weighted by Gasteiger charge is -2.27. The van der Waals surface area contributed by atoms with Gasteiger partial charge in [-0.05, 0) is 31.4 Å². The number of amides is 2. The molecule has 1 atom stereocenters. The van der Waals surface area contributed by atoms with E-state index in [0.29, 0.717) is 13.1 Å². The molecule has 0 bridgehead atoms. The van der Waals surface area contributed by atoms with E-state index in [-0.39, 0.29) is 12.1 Å². The van der Waals surface area contributed by atoms with Gasteiger partial charge in [-0.25, -0.2) is 9.78 Å². The van der Waals surface area contributed by atoms with Gasteiger partial charge in [0.15, 0.2) is 0 Å². The summed E-state index contributed by atoms with van der Waals surface area (Å²) in [6.07, 6.45) is 7.45. The summed E-state index contributed by atoms with van der Waals surface area (Å²) in [5, 5.41) is 5.88. The molecule has 6 heteroatoms. The first-order valence-electron chi connectivity index (χ1n) is 8.56. The van der Waals surface area contributed by atoms with Crippen LogP contribution < -0.4 is 15.5 Å². The van der Waals surface area contributed by atoms with E-state index in [1.54, 1.807) is 12.5 Å². The molecular weight excluding hydrogens is 302 g/mol. The summed E-state index contributed by atoms with van der Waals surface area (Å²) >= 11 is 0. The number of hydrogen-bond acceptors (Lipinski definition) is 3. The van der Waals surface area contributed by atoms with Gasteiger partial charge < -0.3 is 20.1 Å². The summed E-state index contributed by atoms with van der Waals surface area (Å²) < 4.78 is 2.01. The minimum atomic E-state index is -0.0973. The number of rotatable bonds is 7. The Morgan fingerprint density at radius 2 is 2.21 bits per heavy atom. The van der Waals surface area contributed by atoms with Gasteiger partial charge >= 0.3 is 6.03 Å². The van der Waals surface area contributed by atoms with E-state index in [4.69, 9.17) is 0 Å². The molecule has 0 radical (unpaired) electrons. The predicted molar refractivity (Wildman–Crippen MR) is 95.2 cm³/mol. The third-order valence-electron chi connectivity index (χ3n) is 4.45. The molecule has 1 aromatic heterocycles. The van der Waals surface area contributed by atoms with Crippen molar-refractivity contribution in [2.75, 3.05) is 24.5 Å². The molecule has 0 aliphatic carbocycles. The summed E-state index contributed by atoms with van der Waals surface area (Å²) in [6.45, 7) is 5.34. The Morgan fingerprint density at radius 3 is 3.04 bits per heavy atom. The first kappa shape index (κ1) is 16.4. The lowest BCUT2D eigenvalue weighted by Crippen LogP contribution is -2.45. The van der Waals surface area contributed by atoms with Crippen molar-refractivity contribution in [2.24, 2.45) is 0 Å². The van der Waals surface area contributed by atoms with Crippen LogP contribution in [0.2, 0.25) is 0 Å². The van der Waals surface area contributed by atoms with Crippen LogP contribution in [0, 0.1) is 0 Å². The van der Waals surface area contributed by atoms with Crippen molar-refractivity contribution in [3.8, 4) is 0 Å². The highest BCUT2D eigenvalue weighted by Gasteiger charge is 2.22.